The number of hydrogen-bond donors (Lipinski definition) is 1. The Balaban J connectivity index is 3.35. The third-order valence-electron chi connectivity index (χ3n) is 1.84. The molecule has 0 aromatic carbocycles. The second-order valence-corrected chi connectivity index (χ2v) is 3.30. The third kappa shape index (κ3) is 3.39. The van der Waals surface area contributed by atoms with Gasteiger partial charge in [0.2, 0.25) is 0 Å². The Morgan fingerprint density at radius 3 is 2.56 bits per heavy atom. The first-order chi connectivity index (χ1) is 8.28. The van der Waals surface area contributed by atoms with E-state index in [-0.39, 0.29) is 11.4 Å². The number of H-pyrrole nitrogens is 1. The molecule has 0 saturated carbocycles. The summed E-state index contributed by atoms with van der Waals surface area (Å²) in [5, 5.41) is 0. The quantitative estimate of drug-likeness (QED) is 0.679. The number of rotatable bonds is 3. The number of carbonyl (C=O) groups excluding carboxylic acids is 1. The van der Waals surface area contributed by atoms with Crippen molar-refractivity contribution in [2.24, 2.45) is 0 Å². The van der Waals surface area contributed by atoms with Crippen LogP contribution in [-0.2, 0) is 10.6 Å². The molecule has 1 heterocycles. The van der Waals surface area contributed by atoms with Crippen molar-refractivity contribution in [2.45, 2.75) is 12.2 Å². The maximum atomic E-state index is 12.1. The predicted octanol–water partition coefficient (Wildman–Crippen LogP) is 1.80. The zero-order valence-electron chi connectivity index (χ0n) is 8.93. The van der Waals surface area contributed by atoms with E-state index in [4.69, 9.17) is 11.6 Å². The number of alkyl halides is 4. The van der Waals surface area contributed by atoms with Crippen LogP contribution < -0.4 is 10.3 Å². The minimum atomic E-state index is -5.01. The maximum Gasteiger partial charge on any atom is 0.573 e. The van der Waals surface area contributed by atoms with Gasteiger partial charge in [-0.25, -0.2) is 4.79 Å². The van der Waals surface area contributed by atoms with E-state index in [2.05, 4.69) is 9.47 Å². The van der Waals surface area contributed by atoms with E-state index >= 15 is 0 Å². The normalized spacial score (nSPS) is 11.2. The average molecular weight is 286 g/mol. The second-order valence-electron chi connectivity index (χ2n) is 3.04. The predicted molar refractivity (Wildman–Crippen MR) is 54.6 cm³/mol. The van der Waals surface area contributed by atoms with Crippen molar-refractivity contribution >= 4 is 17.6 Å². The molecule has 0 fully saturated rings. The molecule has 9 heteroatoms. The summed E-state index contributed by atoms with van der Waals surface area (Å²) in [6.45, 7) is 0. The van der Waals surface area contributed by atoms with Crippen LogP contribution >= 0.6 is 11.6 Å². The summed E-state index contributed by atoms with van der Waals surface area (Å²) < 4.78 is 44.2. The van der Waals surface area contributed by atoms with Gasteiger partial charge in [-0.05, 0) is 6.07 Å². The standard InChI is InChI=1S/C9H7ClF3NO4/c1-17-8(16)6-5(18-9(11,12)13)2-4(3-10)7(15)14-6/h2H,3H2,1H3,(H,14,15). The Hall–Kier alpha value is -1.70. The Kier molecular flexibility index (Phi) is 4.23. The summed E-state index contributed by atoms with van der Waals surface area (Å²) in [6.07, 6.45) is -5.01. The monoisotopic (exact) mass is 285 g/mol. The number of carbonyl (C=O) groups is 1. The van der Waals surface area contributed by atoms with Gasteiger partial charge in [-0.15, -0.1) is 24.8 Å². The largest absolute Gasteiger partial charge is 0.573 e. The van der Waals surface area contributed by atoms with Crippen LogP contribution in [0, 0.1) is 0 Å². The van der Waals surface area contributed by atoms with Gasteiger partial charge < -0.3 is 14.5 Å². The van der Waals surface area contributed by atoms with Crippen LogP contribution in [0.5, 0.6) is 5.75 Å². The molecular formula is C9H7ClF3NO4. The number of nitrogens with one attached hydrogen (secondary N) is 1. The number of ether oxygens (including phenoxy) is 2. The molecule has 0 aliphatic heterocycles. The fourth-order valence-corrected chi connectivity index (χ4v) is 1.31. The number of aromatic amines is 1. The van der Waals surface area contributed by atoms with Crippen LogP contribution in [0.2, 0.25) is 0 Å². The van der Waals surface area contributed by atoms with Crippen LogP contribution in [0.4, 0.5) is 13.2 Å². The lowest BCUT2D eigenvalue weighted by atomic mass is 10.2. The van der Waals surface area contributed by atoms with Crippen molar-refractivity contribution in [3.63, 3.8) is 0 Å². The lowest BCUT2D eigenvalue weighted by Crippen LogP contribution is -2.24. The summed E-state index contributed by atoms with van der Waals surface area (Å²) in [7, 11) is 0.952. The van der Waals surface area contributed by atoms with Gasteiger partial charge in [0.25, 0.3) is 5.56 Å². The van der Waals surface area contributed by atoms with Gasteiger partial charge in [-0.2, -0.15) is 0 Å². The molecule has 1 aromatic heterocycles. The highest BCUT2D eigenvalue weighted by atomic mass is 35.5. The Labute approximate surface area is 103 Å². The molecule has 1 rings (SSSR count). The smallest absolute Gasteiger partial charge is 0.464 e. The molecule has 18 heavy (non-hydrogen) atoms. The van der Waals surface area contributed by atoms with E-state index in [1.165, 1.54) is 0 Å². The molecule has 0 saturated heterocycles. The highest BCUT2D eigenvalue weighted by Crippen LogP contribution is 2.26. The van der Waals surface area contributed by atoms with Gasteiger partial charge in [-0.1, -0.05) is 0 Å². The fourth-order valence-electron chi connectivity index (χ4n) is 1.11. The van der Waals surface area contributed by atoms with E-state index in [0.717, 1.165) is 13.2 Å². The zero-order valence-corrected chi connectivity index (χ0v) is 9.69. The van der Waals surface area contributed by atoms with Gasteiger partial charge in [0, 0.05) is 5.56 Å². The first kappa shape index (κ1) is 14.4. The highest BCUT2D eigenvalue weighted by molar-refractivity contribution is 6.17. The first-order valence-electron chi connectivity index (χ1n) is 4.44. The van der Waals surface area contributed by atoms with Crippen molar-refractivity contribution in [3.8, 4) is 5.75 Å². The zero-order chi connectivity index (χ0) is 13.9. The Bertz CT molecular complexity index is 512. The molecule has 0 aliphatic rings. The topological polar surface area (TPSA) is 68.4 Å². The number of pyridine rings is 1. The van der Waals surface area contributed by atoms with E-state index in [1.54, 1.807) is 0 Å². The van der Waals surface area contributed by atoms with Gasteiger partial charge in [0.05, 0.1) is 13.0 Å². The molecule has 0 atom stereocenters. The summed E-state index contributed by atoms with van der Waals surface area (Å²) in [5.41, 5.74) is -1.68. The second kappa shape index (κ2) is 5.30. The van der Waals surface area contributed by atoms with E-state index in [0.29, 0.717) is 0 Å². The minimum absolute atomic E-state index is 0.163. The Morgan fingerprint density at radius 2 is 2.11 bits per heavy atom. The molecule has 1 aromatic rings. The maximum absolute atomic E-state index is 12.1. The van der Waals surface area contributed by atoms with E-state index in [1.807, 2.05) is 4.98 Å². The molecule has 100 valence electrons. The summed E-state index contributed by atoms with van der Waals surface area (Å²) in [4.78, 5) is 24.5. The number of methoxy groups -OCH3 is 1. The van der Waals surface area contributed by atoms with Crippen LogP contribution in [0.15, 0.2) is 10.9 Å². The average Bonchev–Trinajstić information content (AvgIpc) is 2.28. The molecule has 0 amide bonds. The van der Waals surface area contributed by atoms with Gasteiger partial charge in [0.1, 0.15) is 0 Å². The van der Waals surface area contributed by atoms with Crippen molar-refractivity contribution in [1.29, 1.82) is 0 Å². The number of halogens is 4. The lowest BCUT2D eigenvalue weighted by molar-refractivity contribution is -0.274. The lowest BCUT2D eigenvalue weighted by Gasteiger charge is -2.12. The van der Waals surface area contributed by atoms with Crippen molar-refractivity contribution in [1.82, 2.24) is 4.98 Å². The van der Waals surface area contributed by atoms with E-state index in [9.17, 15) is 22.8 Å². The van der Waals surface area contributed by atoms with Gasteiger partial charge in [-0.3, -0.25) is 4.79 Å². The highest BCUT2D eigenvalue weighted by Gasteiger charge is 2.34. The summed E-state index contributed by atoms with van der Waals surface area (Å²) in [5.74, 6) is -2.36. The Morgan fingerprint density at radius 1 is 1.50 bits per heavy atom. The van der Waals surface area contributed by atoms with Gasteiger partial charge >= 0.3 is 12.3 Å². The molecule has 0 unspecified atom stereocenters. The van der Waals surface area contributed by atoms with Crippen LogP contribution in [-0.4, -0.2) is 24.4 Å². The van der Waals surface area contributed by atoms with Crippen molar-refractivity contribution < 1.29 is 27.4 Å². The summed E-state index contributed by atoms with van der Waals surface area (Å²) >= 11 is 5.37. The first-order valence-corrected chi connectivity index (χ1v) is 4.98. The van der Waals surface area contributed by atoms with Crippen LogP contribution in [0.3, 0.4) is 0 Å². The SMILES string of the molecule is COC(=O)c1[nH]c(=O)c(CCl)cc1OC(F)(F)F. The third-order valence-corrected chi connectivity index (χ3v) is 2.13. The molecule has 0 spiro atoms. The van der Waals surface area contributed by atoms with Gasteiger partial charge in [0.15, 0.2) is 11.4 Å². The fraction of sp³-hybridized carbons (Fsp3) is 0.333. The molecular weight excluding hydrogens is 279 g/mol. The molecule has 1 N–H and O–H groups in total. The molecule has 5 nitrogen and oxygen atoms in total. The molecule has 0 radical (unpaired) electrons. The van der Waals surface area contributed by atoms with Crippen LogP contribution in [0.25, 0.3) is 0 Å². The van der Waals surface area contributed by atoms with E-state index < -0.39 is 29.3 Å². The van der Waals surface area contributed by atoms with Crippen LogP contribution in [0.1, 0.15) is 16.1 Å². The summed E-state index contributed by atoms with van der Waals surface area (Å²) in [6, 6.07) is 0.742. The number of hydrogen-bond acceptors (Lipinski definition) is 4. The number of esters is 1. The number of aromatic nitrogens is 1. The molecule has 0 aliphatic carbocycles. The minimum Gasteiger partial charge on any atom is -0.464 e. The van der Waals surface area contributed by atoms with Crippen molar-refractivity contribution in [2.75, 3.05) is 7.11 Å². The van der Waals surface area contributed by atoms with Crippen molar-refractivity contribution in [3.05, 3.63) is 27.7 Å². The molecule has 0 bridgehead atoms.